The summed E-state index contributed by atoms with van der Waals surface area (Å²) >= 11 is 0. The zero-order valence-corrected chi connectivity index (χ0v) is 13.8. The van der Waals surface area contributed by atoms with E-state index in [-0.39, 0.29) is 12.3 Å². The van der Waals surface area contributed by atoms with Gasteiger partial charge in [0.25, 0.3) is 0 Å². The molecule has 1 amide bonds. The molecule has 1 aromatic carbocycles. The number of ether oxygens (including phenoxy) is 1. The van der Waals surface area contributed by atoms with Crippen LogP contribution in [0.15, 0.2) is 53.2 Å². The fourth-order valence-corrected chi connectivity index (χ4v) is 2.32. The van der Waals surface area contributed by atoms with E-state index in [4.69, 9.17) is 9.15 Å². The lowest BCUT2D eigenvalue weighted by Crippen LogP contribution is -2.23. The van der Waals surface area contributed by atoms with Crippen molar-refractivity contribution in [3.05, 3.63) is 60.2 Å². The fraction of sp³-hybridized carbons (Fsp3) is 0.222. The standard InChI is InChI=1S/C18H18N4O3/c1-24-15-5-3-2-4-14(15)12-20-16(23)6-7-17-21-22-18(25-17)13-8-10-19-11-9-13/h2-5,8-11H,6-7,12H2,1H3,(H,20,23). The Balaban J connectivity index is 1.50. The Morgan fingerprint density at radius 1 is 1.16 bits per heavy atom. The normalized spacial score (nSPS) is 10.4. The third-order valence-corrected chi connectivity index (χ3v) is 3.63. The van der Waals surface area contributed by atoms with Crippen LogP contribution in [0.1, 0.15) is 17.9 Å². The van der Waals surface area contributed by atoms with E-state index in [1.54, 1.807) is 31.6 Å². The molecule has 25 heavy (non-hydrogen) atoms. The fourth-order valence-electron chi connectivity index (χ4n) is 2.32. The summed E-state index contributed by atoms with van der Waals surface area (Å²) in [4.78, 5) is 16.0. The highest BCUT2D eigenvalue weighted by Crippen LogP contribution is 2.18. The predicted molar refractivity (Wildman–Crippen MR) is 90.7 cm³/mol. The van der Waals surface area contributed by atoms with E-state index in [1.165, 1.54) is 0 Å². The van der Waals surface area contributed by atoms with Gasteiger partial charge in [-0.15, -0.1) is 10.2 Å². The molecule has 0 aliphatic carbocycles. The summed E-state index contributed by atoms with van der Waals surface area (Å²) in [5.41, 5.74) is 1.73. The molecule has 128 valence electrons. The molecule has 1 N–H and O–H groups in total. The highest BCUT2D eigenvalue weighted by molar-refractivity contribution is 5.76. The molecule has 2 aromatic heterocycles. The van der Waals surface area contributed by atoms with Crippen LogP contribution in [0.5, 0.6) is 5.75 Å². The molecule has 0 radical (unpaired) electrons. The van der Waals surface area contributed by atoms with Crippen LogP contribution in [0.4, 0.5) is 0 Å². The first-order chi connectivity index (χ1) is 12.3. The molecular formula is C18H18N4O3. The van der Waals surface area contributed by atoms with Gasteiger partial charge in [0.15, 0.2) is 0 Å². The van der Waals surface area contributed by atoms with Crippen molar-refractivity contribution in [2.24, 2.45) is 0 Å². The number of hydrogen-bond acceptors (Lipinski definition) is 6. The smallest absolute Gasteiger partial charge is 0.247 e. The van der Waals surface area contributed by atoms with Crippen molar-refractivity contribution in [1.29, 1.82) is 0 Å². The number of hydrogen-bond donors (Lipinski definition) is 1. The van der Waals surface area contributed by atoms with Gasteiger partial charge in [0.1, 0.15) is 5.75 Å². The number of para-hydroxylation sites is 1. The molecule has 7 heteroatoms. The average molecular weight is 338 g/mol. The zero-order valence-electron chi connectivity index (χ0n) is 13.8. The van der Waals surface area contributed by atoms with Crippen molar-refractivity contribution in [3.8, 4) is 17.2 Å². The van der Waals surface area contributed by atoms with Gasteiger partial charge in [0.05, 0.1) is 7.11 Å². The number of aryl methyl sites for hydroxylation is 1. The lowest BCUT2D eigenvalue weighted by Gasteiger charge is -2.09. The molecule has 0 fully saturated rings. The maximum Gasteiger partial charge on any atom is 0.247 e. The Morgan fingerprint density at radius 3 is 2.76 bits per heavy atom. The number of carbonyl (C=O) groups excluding carboxylic acids is 1. The minimum Gasteiger partial charge on any atom is -0.496 e. The predicted octanol–water partition coefficient (Wildman–Crippen LogP) is 2.39. The Morgan fingerprint density at radius 2 is 1.96 bits per heavy atom. The van der Waals surface area contributed by atoms with Crippen molar-refractivity contribution >= 4 is 5.91 Å². The highest BCUT2D eigenvalue weighted by atomic mass is 16.5. The maximum absolute atomic E-state index is 12.0. The highest BCUT2D eigenvalue weighted by Gasteiger charge is 2.11. The summed E-state index contributed by atoms with van der Waals surface area (Å²) < 4.78 is 10.8. The summed E-state index contributed by atoms with van der Waals surface area (Å²) in [6, 6.07) is 11.1. The van der Waals surface area contributed by atoms with Crippen molar-refractivity contribution in [2.45, 2.75) is 19.4 Å². The van der Waals surface area contributed by atoms with Crippen LogP contribution in [0, 0.1) is 0 Å². The first-order valence-electron chi connectivity index (χ1n) is 7.87. The molecule has 0 aliphatic rings. The van der Waals surface area contributed by atoms with Crippen LogP contribution in [-0.4, -0.2) is 28.2 Å². The zero-order chi connectivity index (χ0) is 17.5. The molecule has 0 bridgehead atoms. The van der Waals surface area contributed by atoms with Gasteiger partial charge in [0.2, 0.25) is 17.7 Å². The number of nitrogens with zero attached hydrogens (tertiary/aromatic N) is 3. The maximum atomic E-state index is 12.0. The minimum atomic E-state index is -0.0884. The van der Waals surface area contributed by atoms with E-state index in [0.29, 0.717) is 24.7 Å². The van der Waals surface area contributed by atoms with Crippen LogP contribution >= 0.6 is 0 Å². The first kappa shape index (κ1) is 16.6. The molecule has 3 rings (SSSR count). The van der Waals surface area contributed by atoms with Crippen molar-refractivity contribution < 1.29 is 13.9 Å². The first-order valence-corrected chi connectivity index (χ1v) is 7.87. The Labute approximate surface area is 145 Å². The summed E-state index contributed by atoms with van der Waals surface area (Å²) in [6.45, 7) is 0.412. The minimum absolute atomic E-state index is 0.0884. The molecule has 0 unspecified atom stereocenters. The van der Waals surface area contributed by atoms with Crippen LogP contribution in [0.2, 0.25) is 0 Å². The van der Waals surface area contributed by atoms with Gasteiger partial charge < -0.3 is 14.5 Å². The molecule has 0 saturated carbocycles. The lowest BCUT2D eigenvalue weighted by molar-refractivity contribution is -0.121. The summed E-state index contributed by atoms with van der Waals surface area (Å²) in [7, 11) is 1.61. The third-order valence-electron chi connectivity index (χ3n) is 3.63. The molecule has 0 aliphatic heterocycles. The van der Waals surface area contributed by atoms with Crippen LogP contribution in [0.25, 0.3) is 11.5 Å². The number of carbonyl (C=O) groups is 1. The second-order valence-corrected chi connectivity index (χ2v) is 5.33. The molecule has 0 saturated heterocycles. The van der Waals surface area contributed by atoms with Crippen LogP contribution in [-0.2, 0) is 17.8 Å². The van der Waals surface area contributed by atoms with Gasteiger partial charge in [-0.05, 0) is 18.2 Å². The van der Waals surface area contributed by atoms with Gasteiger partial charge in [-0.25, -0.2) is 0 Å². The number of rotatable bonds is 7. The number of benzene rings is 1. The van der Waals surface area contributed by atoms with Crippen LogP contribution in [0.3, 0.4) is 0 Å². The molecule has 0 atom stereocenters. The van der Waals surface area contributed by atoms with Gasteiger partial charge in [-0.2, -0.15) is 0 Å². The SMILES string of the molecule is COc1ccccc1CNC(=O)CCc1nnc(-c2ccncc2)o1. The number of nitrogens with one attached hydrogen (secondary N) is 1. The molecule has 0 spiro atoms. The van der Waals surface area contributed by atoms with E-state index >= 15 is 0 Å². The lowest BCUT2D eigenvalue weighted by atomic mass is 10.2. The quantitative estimate of drug-likeness (QED) is 0.711. The van der Waals surface area contributed by atoms with Crippen molar-refractivity contribution in [1.82, 2.24) is 20.5 Å². The molecule has 2 heterocycles. The molecular weight excluding hydrogens is 320 g/mol. The number of aromatic nitrogens is 3. The summed E-state index contributed by atoms with van der Waals surface area (Å²) in [5, 5.41) is 10.8. The number of amides is 1. The van der Waals surface area contributed by atoms with Gasteiger partial charge in [-0.1, -0.05) is 18.2 Å². The van der Waals surface area contributed by atoms with E-state index in [0.717, 1.165) is 16.9 Å². The summed E-state index contributed by atoms with van der Waals surface area (Å²) in [6.07, 6.45) is 3.97. The third kappa shape index (κ3) is 4.41. The van der Waals surface area contributed by atoms with Crippen LogP contribution < -0.4 is 10.1 Å². The number of pyridine rings is 1. The van der Waals surface area contributed by atoms with Gasteiger partial charge >= 0.3 is 0 Å². The number of methoxy groups -OCH3 is 1. The molecule has 3 aromatic rings. The Kier molecular flexibility index (Phi) is 5.36. The Bertz CT molecular complexity index is 833. The van der Waals surface area contributed by atoms with Gasteiger partial charge in [0, 0.05) is 42.9 Å². The van der Waals surface area contributed by atoms with Crippen molar-refractivity contribution in [2.75, 3.05) is 7.11 Å². The largest absolute Gasteiger partial charge is 0.496 e. The van der Waals surface area contributed by atoms with E-state index < -0.39 is 0 Å². The van der Waals surface area contributed by atoms with E-state index in [9.17, 15) is 4.79 Å². The van der Waals surface area contributed by atoms with Gasteiger partial charge in [-0.3, -0.25) is 9.78 Å². The monoisotopic (exact) mass is 338 g/mol. The second-order valence-electron chi connectivity index (χ2n) is 5.33. The molecule has 7 nitrogen and oxygen atoms in total. The topological polar surface area (TPSA) is 90.1 Å². The Hall–Kier alpha value is -3.22. The van der Waals surface area contributed by atoms with E-state index in [1.807, 2.05) is 24.3 Å². The summed E-state index contributed by atoms with van der Waals surface area (Å²) in [5.74, 6) is 1.52. The van der Waals surface area contributed by atoms with Crippen molar-refractivity contribution in [3.63, 3.8) is 0 Å². The average Bonchev–Trinajstić information content (AvgIpc) is 3.14. The van der Waals surface area contributed by atoms with E-state index in [2.05, 4.69) is 20.5 Å². The second kappa shape index (κ2) is 8.05.